The first-order chi connectivity index (χ1) is 6.36. The van der Waals surface area contributed by atoms with E-state index in [-0.39, 0.29) is 0 Å². The Kier molecular flexibility index (Phi) is 2.51. The lowest BCUT2D eigenvalue weighted by Crippen LogP contribution is -2.14. The van der Waals surface area contributed by atoms with E-state index in [1.165, 1.54) is 6.07 Å². The Morgan fingerprint density at radius 2 is 1.86 bits per heavy atom. The van der Waals surface area contributed by atoms with Crippen LogP contribution < -0.4 is 5.14 Å². The van der Waals surface area contributed by atoms with Gasteiger partial charge in [0.1, 0.15) is 22.6 Å². The predicted molar refractivity (Wildman–Crippen MR) is 42.4 cm³/mol. The van der Waals surface area contributed by atoms with Crippen LogP contribution >= 0.6 is 0 Å². The number of nitriles is 1. The number of sulfonamides is 1. The van der Waals surface area contributed by atoms with E-state index >= 15 is 0 Å². The smallest absolute Gasteiger partial charge is 0.225 e. The second-order valence-electron chi connectivity index (χ2n) is 2.42. The topological polar surface area (TPSA) is 83.9 Å². The van der Waals surface area contributed by atoms with Gasteiger partial charge in [0.05, 0.1) is 5.56 Å². The van der Waals surface area contributed by atoms with Crippen molar-refractivity contribution in [1.82, 2.24) is 0 Å². The molecule has 14 heavy (non-hydrogen) atoms. The molecule has 2 N–H and O–H groups in total. The number of benzene rings is 1. The number of hydrogen-bond donors (Lipinski definition) is 1. The van der Waals surface area contributed by atoms with Crippen LogP contribution in [0.2, 0.25) is 0 Å². The largest absolute Gasteiger partial charge is 0.241 e. The average molecular weight is 218 g/mol. The molecule has 0 spiro atoms. The van der Waals surface area contributed by atoms with Gasteiger partial charge in [-0.25, -0.2) is 22.3 Å². The summed E-state index contributed by atoms with van der Waals surface area (Å²) in [6, 6.07) is 2.23. The lowest BCUT2D eigenvalue weighted by molar-refractivity contribution is 0.548. The van der Waals surface area contributed by atoms with Gasteiger partial charge in [0, 0.05) is 6.07 Å². The van der Waals surface area contributed by atoms with E-state index in [2.05, 4.69) is 5.14 Å². The Morgan fingerprint density at radius 3 is 2.29 bits per heavy atom. The Labute approximate surface area is 78.6 Å². The van der Waals surface area contributed by atoms with Crippen molar-refractivity contribution in [2.45, 2.75) is 4.90 Å². The molecule has 1 aromatic carbocycles. The highest BCUT2D eigenvalue weighted by Gasteiger charge is 2.17. The van der Waals surface area contributed by atoms with Crippen LogP contribution in [-0.4, -0.2) is 8.42 Å². The van der Waals surface area contributed by atoms with Crippen LogP contribution in [0.25, 0.3) is 0 Å². The molecule has 4 nitrogen and oxygen atoms in total. The number of primary sulfonamides is 1. The maximum absolute atomic E-state index is 12.9. The molecular weight excluding hydrogens is 214 g/mol. The Balaban J connectivity index is 3.58. The number of nitrogens with zero attached hydrogens (tertiary/aromatic N) is 1. The number of rotatable bonds is 1. The van der Waals surface area contributed by atoms with Gasteiger partial charge < -0.3 is 0 Å². The first-order valence-corrected chi connectivity index (χ1v) is 4.83. The van der Waals surface area contributed by atoms with Gasteiger partial charge in [0.15, 0.2) is 0 Å². The lowest BCUT2D eigenvalue weighted by Gasteiger charge is -2.01. The molecule has 0 saturated heterocycles. The molecule has 1 rings (SSSR count). The second-order valence-corrected chi connectivity index (χ2v) is 3.95. The van der Waals surface area contributed by atoms with Crippen LogP contribution in [0.15, 0.2) is 17.0 Å². The fourth-order valence-electron chi connectivity index (χ4n) is 0.833. The Morgan fingerprint density at radius 1 is 1.29 bits per heavy atom. The SMILES string of the molecule is N#Cc1cc(S(N)(=O)=O)c(F)cc1F. The molecule has 0 aliphatic rings. The molecule has 0 unspecified atom stereocenters. The van der Waals surface area contributed by atoms with Gasteiger partial charge in [0.2, 0.25) is 10.0 Å². The van der Waals surface area contributed by atoms with Crippen molar-refractivity contribution in [2.75, 3.05) is 0 Å². The normalized spacial score (nSPS) is 11.0. The molecule has 0 atom stereocenters. The van der Waals surface area contributed by atoms with Crippen molar-refractivity contribution >= 4 is 10.0 Å². The maximum Gasteiger partial charge on any atom is 0.241 e. The van der Waals surface area contributed by atoms with E-state index in [1.54, 1.807) is 0 Å². The summed E-state index contributed by atoms with van der Waals surface area (Å²) in [4.78, 5) is -0.893. The molecule has 7 heteroatoms. The van der Waals surface area contributed by atoms with Crippen LogP contribution in [0, 0.1) is 23.0 Å². The molecule has 0 fully saturated rings. The fourth-order valence-corrected chi connectivity index (χ4v) is 1.45. The van der Waals surface area contributed by atoms with Crippen molar-refractivity contribution < 1.29 is 17.2 Å². The third kappa shape index (κ3) is 1.86. The first-order valence-electron chi connectivity index (χ1n) is 3.28. The highest BCUT2D eigenvalue weighted by atomic mass is 32.2. The summed E-state index contributed by atoms with van der Waals surface area (Å²) in [5.41, 5.74) is -0.574. The molecule has 1 aromatic rings. The molecule has 0 aliphatic carbocycles. The third-order valence-electron chi connectivity index (χ3n) is 1.45. The van der Waals surface area contributed by atoms with E-state index in [1.807, 2.05) is 0 Å². The van der Waals surface area contributed by atoms with E-state index < -0.39 is 32.1 Å². The van der Waals surface area contributed by atoms with E-state index in [9.17, 15) is 17.2 Å². The lowest BCUT2D eigenvalue weighted by atomic mass is 10.2. The molecule has 74 valence electrons. The van der Waals surface area contributed by atoms with Gasteiger partial charge in [-0.3, -0.25) is 0 Å². The molecule has 0 aromatic heterocycles. The summed E-state index contributed by atoms with van der Waals surface area (Å²) in [5, 5.41) is 13.0. The quantitative estimate of drug-likeness (QED) is 0.744. The van der Waals surface area contributed by atoms with Crippen molar-refractivity contribution in [3.8, 4) is 6.07 Å². The Hall–Kier alpha value is -1.52. The van der Waals surface area contributed by atoms with Gasteiger partial charge in [-0.1, -0.05) is 0 Å². The highest BCUT2D eigenvalue weighted by Crippen LogP contribution is 2.17. The zero-order valence-corrected chi connectivity index (χ0v) is 7.48. The van der Waals surface area contributed by atoms with Crippen molar-refractivity contribution in [3.05, 3.63) is 29.3 Å². The van der Waals surface area contributed by atoms with Crippen LogP contribution in [-0.2, 0) is 10.0 Å². The van der Waals surface area contributed by atoms with E-state index in [4.69, 9.17) is 5.26 Å². The van der Waals surface area contributed by atoms with E-state index in [0.717, 1.165) is 0 Å². The minimum absolute atomic E-state index is 0.304. The zero-order valence-electron chi connectivity index (χ0n) is 6.66. The molecule has 0 amide bonds. The second kappa shape index (κ2) is 3.32. The first kappa shape index (κ1) is 10.6. The molecule has 0 saturated carbocycles. The van der Waals surface area contributed by atoms with Crippen LogP contribution in [0.3, 0.4) is 0 Å². The molecular formula is C7H4F2N2O2S. The molecule has 0 radical (unpaired) electrons. The number of nitrogens with two attached hydrogens (primary N) is 1. The van der Waals surface area contributed by atoms with E-state index in [0.29, 0.717) is 12.1 Å². The van der Waals surface area contributed by atoms with Crippen molar-refractivity contribution in [1.29, 1.82) is 5.26 Å². The fraction of sp³-hybridized carbons (Fsp3) is 0. The standard InChI is InChI=1S/C7H4F2N2O2S/c8-5-2-6(9)7(14(11,12)13)1-4(5)3-10/h1-2H,(H2,11,12,13). The van der Waals surface area contributed by atoms with Gasteiger partial charge >= 0.3 is 0 Å². The monoisotopic (exact) mass is 218 g/mol. The van der Waals surface area contributed by atoms with Crippen molar-refractivity contribution in [3.63, 3.8) is 0 Å². The predicted octanol–water partition coefficient (Wildman–Crippen LogP) is 0.484. The van der Waals surface area contributed by atoms with Crippen LogP contribution in [0.5, 0.6) is 0 Å². The van der Waals surface area contributed by atoms with Crippen molar-refractivity contribution in [2.24, 2.45) is 5.14 Å². The average Bonchev–Trinajstić information content (AvgIpc) is 2.02. The Bertz CT molecular complexity index is 519. The summed E-state index contributed by atoms with van der Waals surface area (Å²) in [5.74, 6) is -2.44. The third-order valence-corrected chi connectivity index (χ3v) is 2.37. The minimum Gasteiger partial charge on any atom is -0.225 e. The zero-order chi connectivity index (χ0) is 10.9. The molecule has 0 bridgehead atoms. The minimum atomic E-state index is -4.28. The molecule has 0 aliphatic heterocycles. The summed E-state index contributed by atoms with van der Waals surface area (Å²) in [6.07, 6.45) is 0. The highest BCUT2D eigenvalue weighted by molar-refractivity contribution is 7.89. The molecule has 0 heterocycles. The summed E-state index contributed by atoms with van der Waals surface area (Å²) >= 11 is 0. The maximum atomic E-state index is 12.9. The van der Waals surface area contributed by atoms with Gasteiger partial charge in [-0.2, -0.15) is 5.26 Å². The van der Waals surface area contributed by atoms with Gasteiger partial charge in [-0.15, -0.1) is 0 Å². The van der Waals surface area contributed by atoms with Crippen LogP contribution in [0.4, 0.5) is 8.78 Å². The summed E-state index contributed by atoms with van der Waals surface area (Å²) in [6.45, 7) is 0. The number of halogens is 2. The van der Waals surface area contributed by atoms with Gasteiger partial charge in [-0.05, 0) is 6.07 Å². The van der Waals surface area contributed by atoms with Gasteiger partial charge in [0.25, 0.3) is 0 Å². The summed E-state index contributed by atoms with van der Waals surface area (Å²) < 4.78 is 47.1. The number of hydrogen-bond acceptors (Lipinski definition) is 3. The van der Waals surface area contributed by atoms with Crippen LogP contribution in [0.1, 0.15) is 5.56 Å². The summed E-state index contributed by atoms with van der Waals surface area (Å²) in [7, 11) is -4.28.